The molecule has 0 fully saturated rings. The molecule has 0 radical (unpaired) electrons. The second-order valence-electron chi connectivity index (χ2n) is 3.97. The quantitative estimate of drug-likeness (QED) is 0.541. The molecule has 2 heteroatoms. The van der Waals surface area contributed by atoms with Crippen LogP contribution in [-0.4, -0.2) is 11.1 Å². The molecule has 0 aromatic carbocycles. The van der Waals surface area contributed by atoms with E-state index >= 15 is 0 Å². The number of aliphatic carboxylic acids is 1. The third-order valence-electron chi connectivity index (χ3n) is 2.49. The average molecular weight is 216 g/mol. The molecule has 0 saturated heterocycles. The van der Waals surface area contributed by atoms with Crippen LogP contribution in [0, 0.1) is 0 Å². The third kappa shape index (κ3) is 16.2. The van der Waals surface area contributed by atoms with E-state index in [9.17, 15) is 4.79 Å². The summed E-state index contributed by atoms with van der Waals surface area (Å²) >= 11 is 0. The minimum absolute atomic E-state index is 0. The molecule has 0 heterocycles. The normalized spacial score (nSPS) is 9.67. The standard InChI is InChI=1S/C12H24O2.CH4/c1-2-3-4-5-6-7-8-9-10-11-12(13)14;/h2-11H2,1H3,(H,13,14);1H4. The number of hydrogen-bond acceptors (Lipinski definition) is 1. The minimum Gasteiger partial charge on any atom is -0.481 e. The fourth-order valence-corrected chi connectivity index (χ4v) is 1.59. The van der Waals surface area contributed by atoms with Gasteiger partial charge in [0.2, 0.25) is 0 Å². The molecular weight excluding hydrogens is 188 g/mol. The number of hydrogen-bond donors (Lipinski definition) is 1. The molecule has 15 heavy (non-hydrogen) atoms. The number of carboxylic acids is 1. The smallest absolute Gasteiger partial charge is 0.303 e. The Morgan fingerprint density at radius 3 is 1.67 bits per heavy atom. The molecule has 0 unspecified atom stereocenters. The molecule has 1 N–H and O–H groups in total. The van der Waals surface area contributed by atoms with E-state index in [1.807, 2.05) is 0 Å². The molecule has 0 aliphatic heterocycles. The molecule has 2 nitrogen and oxygen atoms in total. The fourth-order valence-electron chi connectivity index (χ4n) is 1.59. The summed E-state index contributed by atoms with van der Waals surface area (Å²) in [6.07, 6.45) is 11.5. The molecule has 0 saturated carbocycles. The van der Waals surface area contributed by atoms with Crippen molar-refractivity contribution in [2.45, 2.75) is 78.6 Å². The van der Waals surface area contributed by atoms with E-state index in [1.54, 1.807) is 0 Å². The van der Waals surface area contributed by atoms with Crippen molar-refractivity contribution in [3.8, 4) is 0 Å². The second-order valence-corrected chi connectivity index (χ2v) is 3.97. The molecule has 92 valence electrons. The van der Waals surface area contributed by atoms with Crippen LogP contribution in [0.4, 0.5) is 0 Å². The van der Waals surface area contributed by atoms with E-state index in [0.717, 1.165) is 12.8 Å². The van der Waals surface area contributed by atoms with Crippen LogP contribution in [0.25, 0.3) is 0 Å². The molecule has 0 atom stereocenters. The van der Waals surface area contributed by atoms with Crippen molar-refractivity contribution in [3.63, 3.8) is 0 Å². The van der Waals surface area contributed by atoms with Crippen LogP contribution in [0.15, 0.2) is 0 Å². The minimum atomic E-state index is -0.659. The lowest BCUT2D eigenvalue weighted by Crippen LogP contribution is -1.93. The highest BCUT2D eigenvalue weighted by atomic mass is 16.4. The SMILES string of the molecule is C.CCCCCCCCCCCC(=O)O. The summed E-state index contributed by atoms with van der Waals surface area (Å²) in [4.78, 5) is 10.2. The van der Waals surface area contributed by atoms with E-state index in [2.05, 4.69) is 6.92 Å². The van der Waals surface area contributed by atoms with E-state index < -0.39 is 5.97 Å². The zero-order valence-corrected chi connectivity index (χ0v) is 9.43. The van der Waals surface area contributed by atoms with Gasteiger partial charge < -0.3 is 5.11 Å². The van der Waals surface area contributed by atoms with Crippen molar-refractivity contribution in [2.75, 3.05) is 0 Å². The van der Waals surface area contributed by atoms with Gasteiger partial charge in [0.15, 0.2) is 0 Å². The number of rotatable bonds is 10. The fraction of sp³-hybridized carbons (Fsp3) is 0.923. The zero-order valence-electron chi connectivity index (χ0n) is 9.43. The van der Waals surface area contributed by atoms with E-state index in [-0.39, 0.29) is 7.43 Å². The van der Waals surface area contributed by atoms with Crippen LogP contribution in [0.5, 0.6) is 0 Å². The highest BCUT2D eigenvalue weighted by molar-refractivity contribution is 5.66. The van der Waals surface area contributed by atoms with Crippen LogP contribution in [0.3, 0.4) is 0 Å². The van der Waals surface area contributed by atoms with Crippen molar-refractivity contribution in [2.24, 2.45) is 0 Å². The van der Waals surface area contributed by atoms with Crippen molar-refractivity contribution in [3.05, 3.63) is 0 Å². The molecule has 0 aromatic rings. The summed E-state index contributed by atoms with van der Waals surface area (Å²) in [6, 6.07) is 0. The van der Waals surface area contributed by atoms with Gasteiger partial charge in [-0.1, -0.05) is 65.7 Å². The highest BCUT2D eigenvalue weighted by Crippen LogP contribution is 2.10. The maximum Gasteiger partial charge on any atom is 0.303 e. The lowest BCUT2D eigenvalue weighted by molar-refractivity contribution is -0.137. The maximum atomic E-state index is 10.2. The Morgan fingerprint density at radius 2 is 1.27 bits per heavy atom. The molecule has 0 bridgehead atoms. The predicted molar refractivity (Wildman–Crippen MR) is 66.2 cm³/mol. The highest BCUT2D eigenvalue weighted by Gasteiger charge is 1.96. The molecule has 0 amide bonds. The van der Waals surface area contributed by atoms with Gasteiger partial charge in [-0.2, -0.15) is 0 Å². The number of carbonyl (C=O) groups is 1. The van der Waals surface area contributed by atoms with Crippen LogP contribution in [0.2, 0.25) is 0 Å². The van der Waals surface area contributed by atoms with Gasteiger partial charge in [0.1, 0.15) is 0 Å². The Labute approximate surface area is 95.1 Å². The summed E-state index contributed by atoms with van der Waals surface area (Å²) in [5.74, 6) is -0.659. The average Bonchev–Trinajstić information content (AvgIpc) is 2.15. The Morgan fingerprint density at radius 1 is 0.867 bits per heavy atom. The van der Waals surface area contributed by atoms with Gasteiger partial charge >= 0.3 is 5.97 Å². The molecule has 0 aliphatic rings. The topological polar surface area (TPSA) is 37.3 Å². The van der Waals surface area contributed by atoms with Crippen molar-refractivity contribution in [1.82, 2.24) is 0 Å². The summed E-state index contributed by atoms with van der Waals surface area (Å²) < 4.78 is 0. The molecule has 0 aliphatic carbocycles. The van der Waals surface area contributed by atoms with Crippen LogP contribution in [0.1, 0.15) is 78.6 Å². The summed E-state index contributed by atoms with van der Waals surface area (Å²) in [7, 11) is 0. The molecular formula is C13H28O2. The summed E-state index contributed by atoms with van der Waals surface area (Å²) in [5, 5.41) is 8.41. The van der Waals surface area contributed by atoms with Gasteiger partial charge in [-0.05, 0) is 6.42 Å². The Balaban J connectivity index is 0. The third-order valence-corrected chi connectivity index (χ3v) is 2.49. The largest absolute Gasteiger partial charge is 0.481 e. The van der Waals surface area contributed by atoms with E-state index in [4.69, 9.17) is 5.11 Å². The van der Waals surface area contributed by atoms with E-state index in [0.29, 0.717) is 6.42 Å². The Hall–Kier alpha value is -0.530. The molecule has 0 spiro atoms. The lowest BCUT2D eigenvalue weighted by Gasteiger charge is -2.00. The second kappa shape index (κ2) is 13.5. The van der Waals surface area contributed by atoms with Crippen molar-refractivity contribution in [1.29, 1.82) is 0 Å². The Bertz CT molecular complexity index is 132. The van der Waals surface area contributed by atoms with Crippen LogP contribution >= 0.6 is 0 Å². The number of unbranched alkanes of at least 4 members (excludes halogenated alkanes) is 8. The summed E-state index contributed by atoms with van der Waals surface area (Å²) in [6.45, 7) is 2.23. The van der Waals surface area contributed by atoms with Crippen molar-refractivity contribution < 1.29 is 9.90 Å². The van der Waals surface area contributed by atoms with Crippen LogP contribution in [-0.2, 0) is 4.79 Å². The first-order chi connectivity index (χ1) is 6.77. The molecule has 0 rings (SSSR count). The van der Waals surface area contributed by atoms with Gasteiger partial charge in [0, 0.05) is 6.42 Å². The van der Waals surface area contributed by atoms with Gasteiger partial charge in [0.25, 0.3) is 0 Å². The first-order valence-electron chi connectivity index (χ1n) is 5.99. The zero-order chi connectivity index (χ0) is 10.6. The van der Waals surface area contributed by atoms with Gasteiger partial charge in [0.05, 0.1) is 0 Å². The predicted octanol–water partition coefficient (Wildman–Crippen LogP) is 4.63. The maximum absolute atomic E-state index is 10.2. The van der Waals surface area contributed by atoms with E-state index in [1.165, 1.54) is 44.9 Å². The molecule has 0 aromatic heterocycles. The van der Waals surface area contributed by atoms with Gasteiger partial charge in [-0.15, -0.1) is 0 Å². The Kier molecular flexibility index (Phi) is 15.2. The first kappa shape index (κ1) is 16.9. The van der Waals surface area contributed by atoms with Crippen LogP contribution < -0.4 is 0 Å². The first-order valence-corrected chi connectivity index (χ1v) is 5.99. The monoisotopic (exact) mass is 216 g/mol. The summed E-state index contributed by atoms with van der Waals surface area (Å²) in [5.41, 5.74) is 0. The van der Waals surface area contributed by atoms with Crippen molar-refractivity contribution >= 4 is 5.97 Å². The number of carboxylic acid groups (broad SMARTS) is 1. The van der Waals surface area contributed by atoms with Gasteiger partial charge in [-0.25, -0.2) is 0 Å². The van der Waals surface area contributed by atoms with Gasteiger partial charge in [-0.3, -0.25) is 4.79 Å². The lowest BCUT2D eigenvalue weighted by atomic mass is 10.1.